The van der Waals surface area contributed by atoms with Gasteiger partial charge < -0.3 is 10.2 Å². The van der Waals surface area contributed by atoms with Crippen molar-refractivity contribution >= 4 is 37.3 Å². The van der Waals surface area contributed by atoms with Crippen LogP contribution in [-0.4, -0.2) is 13.4 Å². The molecule has 2 rings (SSSR count). The number of nitrogens with one attached hydrogen (secondary N) is 1. The second kappa shape index (κ2) is 5.71. The largest absolute Gasteiger partial charge is 0.452 e. The Hall–Kier alpha value is -0.740. The maximum Gasteiger partial charge on any atom is 0.245 e. The molecule has 19 heavy (non-hydrogen) atoms. The van der Waals surface area contributed by atoms with Gasteiger partial charge in [-0.15, -0.1) is 11.3 Å². The fourth-order valence-electron chi connectivity index (χ4n) is 1.48. The summed E-state index contributed by atoms with van der Waals surface area (Å²) in [6.07, 6.45) is 1.63. The summed E-state index contributed by atoms with van der Waals surface area (Å²) in [7, 11) is -3.68. The first-order valence-electron chi connectivity index (χ1n) is 5.34. The van der Waals surface area contributed by atoms with E-state index in [1.165, 1.54) is 17.4 Å². The Balaban J connectivity index is 2.25. The molecule has 0 aromatic carbocycles. The fraction of sp³-hybridized carbons (Fsp3) is 0.300. The molecule has 6 nitrogen and oxygen atoms in total. The Bertz CT molecular complexity index is 652. The molecular formula is C10H12BrN3O3S2. The number of rotatable bonds is 5. The zero-order valence-electron chi connectivity index (χ0n) is 9.96. The summed E-state index contributed by atoms with van der Waals surface area (Å²) in [4.78, 5) is 4.11. The van der Waals surface area contributed by atoms with Crippen molar-refractivity contribution in [2.24, 2.45) is 5.73 Å². The van der Waals surface area contributed by atoms with E-state index >= 15 is 0 Å². The molecule has 104 valence electrons. The number of nitrogens with two attached hydrogens (primary N) is 1. The van der Waals surface area contributed by atoms with Crippen LogP contribution < -0.4 is 10.5 Å². The van der Waals surface area contributed by atoms with Crippen molar-refractivity contribution < 1.29 is 12.8 Å². The summed E-state index contributed by atoms with van der Waals surface area (Å²) < 4.78 is 32.3. The number of hydrogen-bond acceptors (Lipinski definition) is 6. The van der Waals surface area contributed by atoms with E-state index in [2.05, 4.69) is 25.6 Å². The van der Waals surface area contributed by atoms with Gasteiger partial charge in [0.25, 0.3) is 0 Å². The highest BCUT2D eigenvalue weighted by Gasteiger charge is 2.25. The lowest BCUT2D eigenvalue weighted by molar-refractivity contribution is 0.483. The molecule has 0 aliphatic rings. The van der Waals surface area contributed by atoms with Crippen LogP contribution in [0.15, 0.2) is 31.6 Å². The smallest absolute Gasteiger partial charge is 0.245 e. The Kier molecular flexibility index (Phi) is 4.41. The first-order chi connectivity index (χ1) is 8.94. The second-order valence-electron chi connectivity index (χ2n) is 3.77. The van der Waals surface area contributed by atoms with Crippen molar-refractivity contribution in [3.05, 3.63) is 33.1 Å². The highest BCUT2D eigenvalue weighted by atomic mass is 79.9. The quantitative estimate of drug-likeness (QED) is 0.843. The number of halogens is 1. The maximum atomic E-state index is 12.2. The number of sulfonamides is 1. The van der Waals surface area contributed by atoms with Crippen molar-refractivity contribution in [3.8, 4) is 0 Å². The summed E-state index contributed by atoms with van der Waals surface area (Å²) in [5.41, 5.74) is 5.42. The van der Waals surface area contributed by atoms with Gasteiger partial charge in [0.05, 0.1) is 12.6 Å². The third-order valence-corrected chi connectivity index (χ3v) is 5.71. The van der Waals surface area contributed by atoms with Gasteiger partial charge in [0.1, 0.15) is 15.7 Å². The Morgan fingerprint density at radius 2 is 2.37 bits per heavy atom. The number of furan rings is 1. The Morgan fingerprint density at radius 1 is 1.63 bits per heavy atom. The lowest BCUT2D eigenvalue weighted by Gasteiger charge is -2.10. The molecule has 0 saturated heterocycles. The van der Waals surface area contributed by atoms with Crippen LogP contribution in [-0.2, 0) is 16.6 Å². The van der Waals surface area contributed by atoms with Crippen LogP contribution in [0.25, 0.3) is 0 Å². The van der Waals surface area contributed by atoms with Gasteiger partial charge in [-0.3, -0.25) is 0 Å². The number of nitrogens with zero attached hydrogens (tertiary/aromatic N) is 1. The average Bonchev–Trinajstić information content (AvgIpc) is 2.96. The van der Waals surface area contributed by atoms with E-state index in [0.717, 1.165) is 0 Å². The third-order valence-electron chi connectivity index (χ3n) is 2.35. The summed E-state index contributed by atoms with van der Waals surface area (Å²) in [6.45, 7) is 1.87. The molecular weight excluding hydrogens is 354 g/mol. The van der Waals surface area contributed by atoms with Gasteiger partial charge in [0.15, 0.2) is 4.67 Å². The average molecular weight is 366 g/mol. The van der Waals surface area contributed by atoms with Crippen LogP contribution in [0, 0.1) is 0 Å². The molecule has 0 aliphatic heterocycles. The molecule has 0 saturated carbocycles. The summed E-state index contributed by atoms with van der Waals surface area (Å²) in [5, 5.41) is 2.49. The van der Waals surface area contributed by atoms with E-state index in [9.17, 15) is 8.42 Å². The molecule has 2 aromatic rings. The zero-order valence-corrected chi connectivity index (χ0v) is 13.2. The summed E-state index contributed by atoms with van der Waals surface area (Å²) >= 11 is 4.47. The van der Waals surface area contributed by atoms with Crippen LogP contribution in [0.1, 0.15) is 23.7 Å². The van der Waals surface area contributed by atoms with Gasteiger partial charge in [0.2, 0.25) is 10.0 Å². The van der Waals surface area contributed by atoms with E-state index in [0.29, 0.717) is 10.8 Å². The number of aromatic nitrogens is 1. The Morgan fingerprint density at radius 3 is 2.89 bits per heavy atom. The van der Waals surface area contributed by atoms with Gasteiger partial charge in [-0.25, -0.2) is 18.1 Å². The molecule has 0 radical (unpaired) electrons. The molecule has 2 aromatic heterocycles. The van der Waals surface area contributed by atoms with E-state index in [-0.39, 0.29) is 16.1 Å². The van der Waals surface area contributed by atoms with Crippen LogP contribution in [0.5, 0.6) is 0 Å². The van der Waals surface area contributed by atoms with E-state index in [4.69, 9.17) is 10.2 Å². The molecule has 1 atom stereocenters. The SMILES string of the molecule is CC(NS(=O)(=O)c1cc(CN)oc1Br)c1nccs1. The molecule has 3 N–H and O–H groups in total. The molecule has 0 amide bonds. The number of hydrogen-bond donors (Lipinski definition) is 2. The van der Waals surface area contributed by atoms with Crippen molar-refractivity contribution in [1.82, 2.24) is 9.71 Å². The van der Waals surface area contributed by atoms with Crippen molar-refractivity contribution in [1.29, 1.82) is 0 Å². The van der Waals surface area contributed by atoms with Crippen LogP contribution in [0.2, 0.25) is 0 Å². The van der Waals surface area contributed by atoms with Crippen molar-refractivity contribution in [3.63, 3.8) is 0 Å². The molecule has 0 spiro atoms. The minimum Gasteiger partial charge on any atom is -0.452 e. The van der Waals surface area contributed by atoms with Gasteiger partial charge in [-0.2, -0.15) is 0 Å². The zero-order chi connectivity index (χ0) is 14.0. The highest BCUT2D eigenvalue weighted by Crippen LogP contribution is 2.27. The lowest BCUT2D eigenvalue weighted by atomic mass is 10.4. The van der Waals surface area contributed by atoms with E-state index in [1.807, 2.05) is 0 Å². The van der Waals surface area contributed by atoms with Crippen molar-refractivity contribution in [2.75, 3.05) is 0 Å². The summed E-state index contributed by atoms with van der Waals surface area (Å²) in [5.74, 6) is 0.397. The van der Waals surface area contributed by atoms with Gasteiger partial charge in [-0.05, 0) is 22.9 Å². The van der Waals surface area contributed by atoms with Gasteiger partial charge in [-0.1, -0.05) is 0 Å². The monoisotopic (exact) mass is 365 g/mol. The minimum atomic E-state index is -3.68. The van der Waals surface area contributed by atoms with Crippen LogP contribution >= 0.6 is 27.3 Å². The van der Waals surface area contributed by atoms with Gasteiger partial charge >= 0.3 is 0 Å². The minimum absolute atomic E-state index is 0.0383. The predicted molar refractivity (Wildman–Crippen MR) is 75.1 cm³/mol. The molecule has 1 unspecified atom stereocenters. The lowest BCUT2D eigenvalue weighted by Crippen LogP contribution is -2.26. The third kappa shape index (κ3) is 3.23. The molecule has 0 aliphatic carbocycles. The normalized spacial score (nSPS) is 13.6. The van der Waals surface area contributed by atoms with Crippen LogP contribution in [0.4, 0.5) is 0 Å². The maximum absolute atomic E-state index is 12.2. The van der Waals surface area contributed by atoms with Crippen molar-refractivity contribution in [2.45, 2.75) is 24.4 Å². The van der Waals surface area contributed by atoms with E-state index < -0.39 is 16.1 Å². The van der Waals surface area contributed by atoms with Gasteiger partial charge in [0, 0.05) is 17.6 Å². The molecule has 2 heterocycles. The first kappa shape index (κ1) is 14.7. The molecule has 0 fully saturated rings. The summed E-state index contributed by atoms with van der Waals surface area (Å²) in [6, 6.07) is 0.995. The fourth-order valence-corrected chi connectivity index (χ4v) is 4.40. The van der Waals surface area contributed by atoms with E-state index in [1.54, 1.807) is 18.5 Å². The topological polar surface area (TPSA) is 98.2 Å². The second-order valence-corrected chi connectivity index (χ2v) is 7.10. The highest BCUT2D eigenvalue weighted by molar-refractivity contribution is 9.10. The molecule has 0 bridgehead atoms. The first-order valence-corrected chi connectivity index (χ1v) is 8.49. The van der Waals surface area contributed by atoms with Crippen LogP contribution in [0.3, 0.4) is 0 Å². The number of thiazole rings is 1. The standard InChI is InChI=1S/C10H12BrN3O3S2/c1-6(10-13-2-3-18-10)14-19(15,16)8-4-7(5-12)17-9(8)11/h2-4,6,14H,5,12H2,1H3. The Labute approximate surface area is 123 Å². The predicted octanol–water partition coefficient (Wildman–Crippen LogP) is 2.00. The molecule has 9 heteroatoms.